The molecule has 0 bridgehead atoms. The Balaban J connectivity index is 1.17. The van der Waals surface area contributed by atoms with Gasteiger partial charge >= 0.3 is 0 Å². The van der Waals surface area contributed by atoms with E-state index in [0.29, 0.717) is 0 Å². The first-order valence-corrected chi connectivity index (χ1v) is 18.3. The molecule has 0 spiro atoms. The van der Waals surface area contributed by atoms with Crippen LogP contribution in [0.1, 0.15) is 26.3 Å². The molecular formula is C50H36N2. The van der Waals surface area contributed by atoms with Gasteiger partial charge < -0.3 is 9.13 Å². The fourth-order valence-electron chi connectivity index (χ4n) is 8.87. The molecular weight excluding hydrogens is 629 g/mol. The van der Waals surface area contributed by atoms with E-state index in [0.717, 1.165) is 11.4 Å². The van der Waals surface area contributed by atoms with Crippen LogP contribution in [-0.4, -0.2) is 9.13 Å². The lowest BCUT2D eigenvalue weighted by atomic mass is 9.83. The number of benzene rings is 9. The van der Waals surface area contributed by atoms with E-state index in [-0.39, 0.29) is 5.41 Å². The highest BCUT2D eigenvalue weighted by Crippen LogP contribution is 2.43. The average molecular weight is 665 g/mol. The number of para-hydroxylation sites is 3. The van der Waals surface area contributed by atoms with E-state index in [1.807, 2.05) is 0 Å². The normalized spacial score (nSPS) is 12.5. The molecule has 246 valence electrons. The first-order chi connectivity index (χ1) is 25.4. The fourth-order valence-corrected chi connectivity index (χ4v) is 8.87. The molecule has 0 radical (unpaired) electrons. The quantitative estimate of drug-likeness (QED) is 0.166. The Labute approximate surface area is 302 Å². The molecule has 2 aromatic heterocycles. The van der Waals surface area contributed by atoms with Crippen LogP contribution < -0.4 is 0 Å². The lowest BCUT2D eigenvalue weighted by Crippen LogP contribution is -2.10. The van der Waals surface area contributed by atoms with E-state index < -0.39 is 0 Å². The van der Waals surface area contributed by atoms with Crippen LogP contribution in [0.5, 0.6) is 0 Å². The van der Waals surface area contributed by atoms with Gasteiger partial charge in [-0.05, 0) is 96.9 Å². The summed E-state index contributed by atoms with van der Waals surface area (Å²) in [5, 5.41) is 13.0. The van der Waals surface area contributed by atoms with Crippen molar-refractivity contribution in [3.8, 4) is 22.5 Å². The molecule has 11 rings (SSSR count). The molecule has 0 saturated carbocycles. The molecule has 0 saturated heterocycles. The van der Waals surface area contributed by atoms with Crippen molar-refractivity contribution in [3.05, 3.63) is 169 Å². The molecule has 0 aliphatic rings. The molecule has 9 aromatic carbocycles. The Morgan fingerprint density at radius 3 is 1.62 bits per heavy atom. The van der Waals surface area contributed by atoms with Crippen LogP contribution in [0.2, 0.25) is 0 Å². The first-order valence-electron chi connectivity index (χ1n) is 18.3. The number of hydrogen-bond donors (Lipinski definition) is 0. The lowest BCUT2D eigenvalue weighted by Gasteiger charge is -2.22. The molecule has 52 heavy (non-hydrogen) atoms. The third-order valence-electron chi connectivity index (χ3n) is 11.4. The van der Waals surface area contributed by atoms with Crippen LogP contribution in [-0.2, 0) is 5.41 Å². The average Bonchev–Trinajstić information content (AvgIpc) is 3.68. The van der Waals surface area contributed by atoms with Gasteiger partial charge in [0, 0.05) is 32.9 Å². The fraction of sp³-hybridized carbons (Fsp3) is 0.0800. The maximum Gasteiger partial charge on any atom is 0.0561 e. The van der Waals surface area contributed by atoms with Gasteiger partial charge in [-0.15, -0.1) is 0 Å². The second-order valence-electron chi connectivity index (χ2n) is 15.4. The minimum atomic E-state index is 0.0897. The number of hydrogen-bond acceptors (Lipinski definition) is 0. The SMILES string of the molecule is CC(C)(C)c1cc2ccc3ccc(-c4ccc5c6ccc(-n7c8ccccc8c8ccccc87)cc6n(-c6ccccc6)c5c4)c4ccc(c1)c2c34. The van der Waals surface area contributed by atoms with Crippen molar-refractivity contribution in [1.29, 1.82) is 0 Å². The van der Waals surface area contributed by atoms with Gasteiger partial charge in [0.25, 0.3) is 0 Å². The van der Waals surface area contributed by atoms with Crippen LogP contribution in [0, 0.1) is 0 Å². The van der Waals surface area contributed by atoms with Crippen LogP contribution in [0.15, 0.2) is 164 Å². The molecule has 2 heteroatoms. The number of nitrogens with zero attached hydrogens (tertiary/aromatic N) is 2. The van der Waals surface area contributed by atoms with Crippen LogP contribution in [0.25, 0.3) is 98.4 Å². The molecule has 11 aromatic rings. The van der Waals surface area contributed by atoms with E-state index in [1.54, 1.807) is 0 Å². The topological polar surface area (TPSA) is 9.86 Å². The first kappa shape index (κ1) is 29.4. The molecule has 0 atom stereocenters. The maximum absolute atomic E-state index is 2.45. The second-order valence-corrected chi connectivity index (χ2v) is 15.4. The lowest BCUT2D eigenvalue weighted by molar-refractivity contribution is 0.591. The van der Waals surface area contributed by atoms with Gasteiger partial charge in [-0.25, -0.2) is 0 Å². The van der Waals surface area contributed by atoms with Crippen molar-refractivity contribution < 1.29 is 0 Å². The molecule has 0 N–H and O–H groups in total. The Bertz CT molecular complexity index is 3130. The Morgan fingerprint density at radius 1 is 0.365 bits per heavy atom. The molecule has 2 nitrogen and oxygen atoms in total. The predicted molar refractivity (Wildman–Crippen MR) is 223 cm³/mol. The van der Waals surface area contributed by atoms with Gasteiger partial charge in [-0.1, -0.05) is 142 Å². The van der Waals surface area contributed by atoms with Crippen molar-refractivity contribution in [2.24, 2.45) is 0 Å². The van der Waals surface area contributed by atoms with Crippen molar-refractivity contribution >= 4 is 75.9 Å². The zero-order valence-electron chi connectivity index (χ0n) is 29.5. The molecule has 0 aliphatic heterocycles. The summed E-state index contributed by atoms with van der Waals surface area (Å²) in [4.78, 5) is 0. The van der Waals surface area contributed by atoms with E-state index in [9.17, 15) is 0 Å². The summed E-state index contributed by atoms with van der Waals surface area (Å²) in [5.41, 5.74) is 11.1. The minimum Gasteiger partial charge on any atom is -0.309 e. The van der Waals surface area contributed by atoms with E-state index in [2.05, 4.69) is 194 Å². The van der Waals surface area contributed by atoms with E-state index in [1.165, 1.54) is 92.6 Å². The molecule has 0 fully saturated rings. The van der Waals surface area contributed by atoms with Gasteiger partial charge in [0.15, 0.2) is 0 Å². The zero-order valence-corrected chi connectivity index (χ0v) is 29.5. The van der Waals surface area contributed by atoms with Crippen molar-refractivity contribution in [2.75, 3.05) is 0 Å². The van der Waals surface area contributed by atoms with Crippen LogP contribution in [0.4, 0.5) is 0 Å². The largest absolute Gasteiger partial charge is 0.309 e. The van der Waals surface area contributed by atoms with Crippen molar-refractivity contribution in [2.45, 2.75) is 26.2 Å². The number of fused-ring (bicyclic) bond motifs is 6. The zero-order chi connectivity index (χ0) is 34.7. The van der Waals surface area contributed by atoms with Gasteiger partial charge in [-0.2, -0.15) is 0 Å². The van der Waals surface area contributed by atoms with Gasteiger partial charge in [0.2, 0.25) is 0 Å². The number of aromatic nitrogens is 2. The maximum atomic E-state index is 2.45. The summed E-state index contributed by atoms with van der Waals surface area (Å²) in [5.74, 6) is 0. The van der Waals surface area contributed by atoms with Gasteiger partial charge in [0.05, 0.1) is 22.1 Å². The summed E-state index contributed by atoms with van der Waals surface area (Å²) in [7, 11) is 0. The third-order valence-corrected chi connectivity index (χ3v) is 11.4. The second kappa shape index (κ2) is 10.6. The van der Waals surface area contributed by atoms with Crippen LogP contribution >= 0.6 is 0 Å². The summed E-state index contributed by atoms with van der Waals surface area (Å²) in [6, 6.07) is 61.1. The summed E-state index contributed by atoms with van der Waals surface area (Å²) in [6.45, 7) is 6.90. The van der Waals surface area contributed by atoms with Gasteiger partial charge in [0.1, 0.15) is 0 Å². The monoisotopic (exact) mass is 664 g/mol. The molecule has 0 unspecified atom stereocenters. The molecule has 0 amide bonds. The summed E-state index contributed by atoms with van der Waals surface area (Å²) in [6.07, 6.45) is 0. The smallest absolute Gasteiger partial charge is 0.0561 e. The molecule has 2 heterocycles. The van der Waals surface area contributed by atoms with E-state index >= 15 is 0 Å². The van der Waals surface area contributed by atoms with Gasteiger partial charge in [-0.3, -0.25) is 0 Å². The van der Waals surface area contributed by atoms with Crippen molar-refractivity contribution in [3.63, 3.8) is 0 Å². The summed E-state index contributed by atoms with van der Waals surface area (Å²) >= 11 is 0. The minimum absolute atomic E-state index is 0.0897. The van der Waals surface area contributed by atoms with Crippen LogP contribution in [0.3, 0.4) is 0 Å². The standard InChI is InChI=1S/C50H36N2/c1-50(2,3)35-27-33-18-17-31-19-23-38(43-25-21-34(28-35)48(33)49(31)43)32-20-24-41-42-26-22-37(30-47(42)51(46(41)29-32)36-11-5-4-6-12-36)52-44-15-9-7-13-39(44)40-14-8-10-16-45(40)52/h4-30H,1-3H3. The third kappa shape index (κ3) is 4.12. The van der Waals surface area contributed by atoms with Crippen molar-refractivity contribution in [1.82, 2.24) is 9.13 Å². The van der Waals surface area contributed by atoms with E-state index in [4.69, 9.17) is 0 Å². The predicted octanol–water partition coefficient (Wildman–Crippen LogP) is 13.7. The highest BCUT2D eigenvalue weighted by molar-refractivity contribution is 6.26. The Hall–Kier alpha value is -6.38. The molecule has 0 aliphatic carbocycles. The number of rotatable bonds is 3. The summed E-state index contributed by atoms with van der Waals surface area (Å²) < 4.78 is 4.87. The highest BCUT2D eigenvalue weighted by atomic mass is 15.0. The Morgan fingerprint density at radius 2 is 0.904 bits per heavy atom. The highest BCUT2D eigenvalue weighted by Gasteiger charge is 2.20. The Kier molecular flexibility index (Phi) is 5.97.